The second kappa shape index (κ2) is 7.58. The number of hydrogen-bond donors (Lipinski definition) is 2. The van der Waals surface area contributed by atoms with E-state index in [0.29, 0.717) is 29.0 Å². The van der Waals surface area contributed by atoms with Crippen LogP contribution in [0.4, 0.5) is 11.4 Å². The van der Waals surface area contributed by atoms with E-state index in [9.17, 15) is 9.59 Å². The van der Waals surface area contributed by atoms with Crippen LogP contribution in [0.1, 0.15) is 52.4 Å². The first kappa shape index (κ1) is 20.7. The first-order chi connectivity index (χ1) is 14.7. The number of carbonyl (C=O) groups is 2. The number of rotatable bonds is 5. The average Bonchev–Trinajstić information content (AvgIpc) is 3.03. The lowest BCUT2D eigenvalue weighted by atomic mass is 9.75. The van der Waals surface area contributed by atoms with Crippen LogP contribution >= 0.6 is 0 Å². The molecule has 0 atom stereocenters. The summed E-state index contributed by atoms with van der Waals surface area (Å²) in [5.41, 5.74) is 10.2. The van der Waals surface area contributed by atoms with Crippen molar-refractivity contribution in [3.05, 3.63) is 65.0 Å². The summed E-state index contributed by atoms with van der Waals surface area (Å²) in [6, 6.07) is 12.7. The Kier molecular flexibility index (Phi) is 5.05. The molecule has 160 valence electrons. The number of nitrogens with one attached hydrogen (secondary N) is 1. The lowest BCUT2D eigenvalue weighted by molar-refractivity contribution is 0.0909. The Morgan fingerprint density at radius 2 is 1.97 bits per heavy atom. The zero-order valence-corrected chi connectivity index (χ0v) is 18.2. The lowest BCUT2D eigenvalue weighted by Gasteiger charge is -2.29. The quantitative estimate of drug-likeness (QED) is 0.647. The van der Waals surface area contributed by atoms with Crippen molar-refractivity contribution in [2.24, 2.45) is 11.1 Å². The maximum atomic E-state index is 12.7. The minimum Gasteiger partial charge on any atom is -0.497 e. The highest BCUT2D eigenvalue weighted by Crippen LogP contribution is 2.37. The number of aryl methyl sites for hydroxylation is 1. The largest absolute Gasteiger partial charge is 0.497 e. The number of ketones is 1. The van der Waals surface area contributed by atoms with E-state index in [4.69, 9.17) is 10.5 Å². The molecule has 7 heteroatoms. The van der Waals surface area contributed by atoms with Crippen molar-refractivity contribution >= 4 is 23.1 Å². The van der Waals surface area contributed by atoms with Gasteiger partial charge < -0.3 is 15.8 Å². The molecule has 3 N–H and O–H groups in total. The monoisotopic (exact) mass is 418 g/mol. The van der Waals surface area contributed by atoms with Crippen LogP contribution in [-0.2, 0) is 6.42 Å². The lowest BCUT2D eigenvalue weighted by Crippen LogP contribution is -2.28. The van der Waals surface area contributed by atoms with Gasteiger partial charge in [0.1, 0.15) is 5.75 Å². The van der Waals surface area contributed by atoms with Crippen molar-refractivity contribution < 1.29 is 14.3 Å². The van der Waals surface area contributed by atoms with E-state index in [1.165, 1.54) is 0 Å². The molecule has 2 aromatic carbocycles. The second-order valence-corrected chi connectivity index (χ2v) is 8.71. The number of primary amides is 1. The first-order valence-electron chi connectivity index (χ1n) is 10.2. The van der Waals surface area contributed by atoms with Crippen molar-refractivity contribution in [3.63, 3.8) is 0 Å². The minimum absolute atomic E-state index is 0.124. The summed E-state index contributed by atoms with van der Waals surface area (Å²) in [4.78, 5) is 24.8. The number of benzene rings is 2. The van der Waals surface area contributed by atoms with Gasteiger partial charge in [0.2, 0.25) is 0 Å². The van der Waals surface area contributed by atoms with Gasteiger partial charge in [-0.3, -0.25) is 9.59 Å². The van der Waals surface area contributed by atoms with E-state index in [2.05, 4.69) is 24.3 Å². The fourth-order valence-corrected chi connectivity index (χ4v) is 4.19. The van der Waals surface area contributed by atoms with E-state index >= 15 is 0 Å². The average molecular weight is 418 g/mol. The third kappa shape index (κ3) is 3.91. The second-order valence-electron chi connectivity index (χ2n) is 8.71. The molecular weight excluding hydrogens is 392 g/mol. The van der Waals surface area contributed by atoms with Gasteiger partial charge in [-0.25, -0.2) is 4.68 Å². The van der Waals surface area contributed by atoms with E-state index in [-0.39, 0.29) is 11.2 Å². The summed E-state index contributed by atoms with van der Waals surface area (Å²) in [6.45, 7) is 6.04. The first-order valence-corrected chi connectivity index (χ1v) is 10.2. The van der Waals surface area contributed by atoms with Crippen LogP contribution in [0.15, 0.2) is 42.5 Å². The number of anilines is 2. The maximum absolute atomic E-state index is 12.7. The SMILES string of the molecule is COc1cccc(Nc2cc(-n3nc(C)c4c3CC(C)(C)CC4=O)ccc2C(N)=O)c1. The summed E-state index contributed by atoms with van der Waals surface area (Å²) >= 11 is 0. The Morgan fingerprint density at radius 1 is 1.19 bits per heavy atom. The highest BCUT2D eigenvalue weighted by Gasteiger charge is 2.35. The van der Waals surface area contributed by atoms with Crippen LogP contribution in [0, 0.1) is 12.3 Å². The number of hydrogen-bond acceptors (Lipinski definition) is 5. The number of aromatic nitrogens is 2. The van der Waals surface area contributed by atoms with Crippen molar-refractivity contribution in [2.75, 3.05) is 12.4 Å². The van der Waals surface area contributed by atoms with Crippen molar-refractivity contribution in [1.82, 2.24) is 9.78 Å². The molecule has 0 unspecified atom stereocenters. The molecular formula is C24H26N4O3. The minimum atomic E-state index is -0.535. The van der Waals surface area contributed by atoms with E-state index in [1.54, 1.807) is 19.2 Å². The highest BCUT2D eigenvalue weighted by atomic mass is 16.5. The molecule has 1 amide bonds. The third-order valence-corrected chi connectivity index (χ3v) is 5.58. The van der Waals surface area contributed by atoms with Gasteiger partial charge in [-0.1, -0.05) is 19.9 Å². The number of carbonyl (C=O) groups excluding carboxylic acids is 2. The Labute approximate surface area is 181 Å². The Bertz CT molecular complexity index is 1190. The predicted octanol–water partition coefficient (Wildman–Crippen LogP) is 4.19. The van der Waals surface area contributed by atoms with E-state index in [1.807, 2.05) is 41.9 Å². The summed E-state index contributed by atoms with van der Waals surface area (Å²) in [6.07, 6.45) is 1.25. The number of Topliss-reactive ketones (excluding diaryl/α,β-unsaturated/α-hetero) is 1. The topological polar surface area (TPSA) is 99.2 Å². The van der Waals surface area contributed by atoms with Gasteiger partial charge in [-0.2, -0.15) is 5.10 Å². The Balaban J connectivity index is 1.81. The predicted molar refractivity (Wildman–Crippen MR) is 120 cm³/mol. The van der Waals surface area contributed by atoms with Gasteiger partial charge in [0.15, 0.2) is 5.78 Å². The zero-order chi connectivity index (χ0) is 22.3. The molecule has 0 saturated carbocycles. The van der Waals surface area contributed by atoms with Crippen molar-refractivity contribution in [1.29, 1.82) is 0 Å². The van der Waals surface area contributed by atoms with Gasteiger partial charge in [0.25, 0.3) is 5.91 Å². The Morgan fingerprint density at radius 3 is 2.68 bits per heavy atom. The molecule has 1 aliphatic carbocycles. The van der Waals surface area contributed by atoms with Crippen LogP contribution in [0.5, 0.6) is 5.75 Å². The van der Waals surface area contributed by atoms with Gasteiger partial charge >= 0.3 is 0 Å². The van der Waals surface area contributed by atoms with Crippen LogP contribution in [0.3, 0.4) is 0 Å². The van der Waals surface area contributed by atoms with Crippen molar-refractivity contribution in [3.8, 4) is 11.4 Å². The molecule has 1 heterocycles. The van der Waals surface area contributed by atoms with Crippen LogP contribution < -0.4 is 15.8 Å². The molecule has 0 fully saturated rings. The molecule has 1 aromatic heterocycles. The number of fused-ring (bicyclic) bond motifs is 1. The highest BCUT2D eigenvalue weighted by molar-refractivity contribution is 6.01. The molecule has 0 bridgehead atoms. The molecule has 4 rings (SSSR count). The summed E-state index contributed by atoms with van der Waals surface area (Å²) in [5.74, 6) is 0.282. The smallest absolute Gasteiger partial charge is 0.250 e. The van der Waals surface area contributed by atoms with Gasteiger partial charge in [-0.15, -0.1) is 0 Å². The molecule has 7 nitrogen and oxygen atoms in total. The fourth-order valence-electron chi connectivity index (χ4n) is 4.19. The number of nitrogens with two attached hydrogens (primary N) is 1. The molecule has 3 aromatic rings. The third-order valence-electron chi connectivity index (χ3n) is 5.58. The molecule has 31 heavy (non-hydrogen) atoms. The van der Waals surface area contributed by atoms with E-state index in [0.717, 1.165) is 29.2 Å². The molecule has 0 spiro atoms. The summed E-state index contributed by atoms with van der Waals surface area (Å²) in [7, 11) is 1.60. The number of methoxy groups -OCH3 is 1. The maximum Gasteiger partial charge on any atom is 0.250 e. The van der Waals surface area contributed by atoms with Crippen LogP contribution in [-0.4, -0.2) is 28.6 Å². The summed E-state index contributed by atoms with van der Waals surface area (Å²) < 4.78 is 7.09. The van der Waals surface area contributed by atoms with Gasteiger partial charge in [0.05, 0.1) is 41.0 Å². The summed E-state index contributed by atoms with van der Waals surface area (Å²) in [5, 5.41) is 7.92. The molecule has 0 saturated heterocycles. The van der Waals surface area contributed by atoms with E-state index < -0.39 is 5.91 Å². The normalized spacial score (nSPS) is 14.8. The van der Waals surface area contributed by atoms with Gasteiger partial charge in [0, 0.05) is 18.2 Å². The molecule has 0 radical (unpaired) electrons. The van der Waals surface area contributed by atoms with Crippen LogP contribution in [0.25, 0.3) is 5.69 Å². The number of amides is 1. The standard InChI is InChI=1S/C24H26N4O3/c1-14-22-20(12-24(2,3)13-21(22)29)28(27-14)16-8-9-18(23(25)30)19(11-16)26-15-6-5-7-17(10-15)31-4/h5-11,26H,12-13H2,1-4H3,(H2,25,30). The molecule has 1 aliphatic rings. The van der Waals surface area contributed by atoms with Crippen LogP contribution in [0.2, 0.25) is 0 Å². The Hall–Kier alpha value is -3.61. The fraction of sp³-hybridized carbons (Fsp3) is 0.292. The zero-order valence-electron chi connectivity index (χ0n) is 18.2. The van der Waals surface area contributed by atoms with Gasteiger partial charge in [-0.05, 0) is 49.1 Å². The number of ether oxygens (including phenoxy) is 1. The molecule has 0 aliphatic heterocycles. The number of nitrogens with zero attached hydrogens (tertiary/aromatic N) is 2. The van der Waals surface area contributed by atoms with Crippen molar-refractivity contribution in [2.45, 2.75) is 33.6 Å².